The first kappa shape index (κ1) is 19.4. The molecule has 0 spiro atoms. The maximum atomic E-state index is 4.98. The average molecular weight is 426 g/mol. The van der Waals surface area contributed by atoms with E-state index in [1.807, 2.05) is 31.4 Å². The number of hydrogen-bond donors (Lipinski definition) is 0. The van der Waals surface area contributed by atoms with Crippen LogP contribution in [0, 0.1) is 6.92 Å². The fourth-order valence-corrected chi connectivity index (χ4v) is 5.25. The molecule has 0 saturated carbocycles. The summed E-state index contributed by atoms with van der Waals surface area (Å²) in [5.41, 5.74) is 8.10. The predicted octanol–water partition coefficient (Wildman–Crippen LogP) is 3.82. The van der Waals surface area contributed by atoms with Crippen LogP contribution in [0.25, 0.3) is 16.9 Å². The largest absolute Gasteiger partial charge is 0.347 e. The summed E-state index contributed by atoms with van der Waals surface area (Å²) < 4.78 is 2.09. The lowest BCUT2D eigenvalue weighted by Gasteiger charge is -2.36. The van der Waals surface area contributed by atoms with Crippen LogP contribution in [0.2, 0.25) is 0 Å². The van der Waals surface area contributed by atoms with Gasteiger partial charge in [0.05, 0.1) is 11.4 Å². The van der Waals surface area contributed by atoms with Gasteiger partial charge in [-0.2, -0.15) is 5.10 Å². The molecule has 5 heterocycles. The van der Waals surface area contributed by atoms with Crippen molar-refractivity contribution in [1.29, 1.82) is 0 Å². The minimum Gasteiger partial charge on any atom is -0.347 e. The van der Waals surface area contributed by atoms with Crippen LogP contribution in [0.5, 0.6) is 0 Å². The van der Waals surface area contributed by atoms with Crippen molar-refractivity contribution < 1.29 is 0 Å². The molecule has 6 rings (SSSR count). The molecule has 1 aromatic carbocycles. The molecule has 4 aromatic rings. The molecule has 2 aliphatic heterocycles. The molecular formula is C25H27N7. The topological polar surface area (TPSA) is 62.5 Å². The van der Waals surface area contributed by atoms with Crippen LogP contribution in [0.3, 0.4) is 0 Å². The van der Waals surface area contributed by atoms with E-state index in [9.17, 15) is 0 Å². The SMILES string of the molecule is Cc1cccc(-c2cc3ncc4c(n3n2)CC2CCC4N2Cc2cnc(N(C)C)nc2)c1. The van der Waals surface area contributed by atoms with E-state index in [-0.39, 0.29) is 0 Å². The molecule has 7 heteroatoms. The van der Waals surface area contributed by atoms with Gasteiger partial charge in [-0.15, -0.1) is 0 Å². The smallest absolute Gasteiger partial charge is 0.224 e. The lowest BCUT2D eigenvalue weighted by Crippen LogP contribution is -2.38. The number of aromatic nitrogens is 5. The summed E-state index contributed by atoms with van der Waals surface area (Å²) in [5.74, 6) is 0.746. The molecular weight excluding hydrogens is 398 g/mol. The van der Waals surface area contributed by atoms with Crippen molar-refractivity contribution in [3.8, 4) is 11.3 Å². The van der Waals surface area contributed by atoms with Crippen LogP contribution >= 0.6 is 0 Å². The highest BCUT2D eigenvalue weighted by Crippen LogP contribution is 2.44. The Labute approximate surface area is 187 Å². The van der Waals surface area contributed by atoms with Crippen molar-refractivity contribution in [1.82, 2.24) is 29.5 Å². The van der Waals surface area contributed by atoms with Gasteiger partial charge in [0, 0.05) is 80.5 Å². The fourth-order valence-electron chi connectivity index (χ4n) is 5.25. The fraction of sp³-hybridized carbons (Fsp3) is 0.360. The molecule has 2 bridgehead atoms. The van der Waals surface area contributed by atoms with Crippen molar-refractivity contribution >= 4 is 11.6 Å². The Balaban J connectivity index is 1.33. The van der Waals surface area contributed by atoms with Gasteiger partial charge in [0.15, 0.2) is 5.65 Å². The summed E-state index contributed by atoms with van der Waals surface area (Å²) in [4.78, 5) is 18.3. The van der Waals surface area contributed by atoms with Crippen molar-refractivity contribution in [2.24, 2.45) is 0 Å². The number of hydrogen-bond acceptors (Lipinski definition) is 6. The molecule has 1 saturated heterocycles. The molecule has 0 N–H and O–H groups in total. The minimum absolute atomic E-state index is 0.376. The zero-order valence-corrected chi connectivity index (χ0v) is 18.7. The quantitative estimate of drug-likeness (QED) is 0.495. The highest BCUT2D eigenvalue weighted by molar-refractivity contribution is 5.65. The Bertz CT molecular complexity index is 1290. The van der Waals surface area contributed by atoms with Gasteiger partial charge in [0.1, 0.15) is 0 Å². The van der Waals surface area contributed by atoms with E-state index in [1.165, 1.54) is 23.2 Å². The van der Waals surface area contributed by atoms with E-state index in [1.54, 1.807) is 0 Å². The molecule has 0 amide bonds. The zero-order chi connectivity index (χ0) is 21.8. The number of benzene rings is 1. The highest BCUT2D eigenvalue weighted by atomic mass is 15.3. The first-order chi connectivity index (χ1) is 15.6. The van der Waals surface area contributed by atoms with Crippen LogP contribution < -0.4 is 4.90 Å². The molecule has 162 valence electrons. The van der Waals surface area contributed by atoms with Gasteiger partial charge >= 0.3 is 0 Å². The van der Waals surface area contributed by atoms with Crippen molar-refractivity contribution in [3.05, 3.63) is 71.3 Å². The van der Waals surface area contributed by atoms with Gasteiger partial charge in [-0.05, 0) is 25.8 Å². The van der Waals surface area contributed by atoms with Crippen LogP contribution in [-0.2, 0) is 13.0 Å². The zero-order valence-electron chi connectivity index (χ0n) is 18.7. The second-order valence-electron chi connectivity index (χ2n) is 9.24. The van der Waals surface area contributed by atoms with E-state index in [0.29, 0.717) is 12.1 Å². The lowest BCUT2D eigenvalue weighted by atomic mass is 9.98. The third kappa shape index (κ3) is 3.15. The van der Waals surface area contributed by atoms with E-state index in [4.69, 9.17) is 10.1 Å². The van der Waals surface area contributed by atoms with E-state index in [0.717, 1.165) is 47.8 Å². The first-order valence-corrected chi connectivity index (χ1v) is 11.3. The summed E-state index contributed by atoms with van der Waals surface area (Å²) in [6, 6.07) is 11.5. The first-order valence-electron chi connectivity index (χ1n) is 11.3. The van der Waals surface area contributed by atoms with Gasteiger partial charge in [-0.3, -0.25) is 4.90 Å². The summed E-state index contributed by atoms with van der Waals surface area (Å²) in [7, 11) is 3.92. The highest BCUT2D eigenvalue weighted by Gasteiger charge is 2.41. The van der Waals surface area contributed by atoms with E-state index < -0.39 is 0 Å². The molecule has 7 nitrogen and oxygen atoms in total. The standard InChI is InChI=1S/C25H27N7/c1-16-5-4-6-18(9-16)21-11-24-26-14-20-22-8-7-19(10-23(20)32(24)29-21)31(22)15-17-12-27-25(28-13-17)30(2)3/h4-6,9,11-14,19,22H,7-8,10,15H2,1-3H3. The Morgan fingerprint density at radius 1 is 1.03 bits per heavy atom. The maximum Gasteiger partial charge on any atom is 0.224 e. The number of fused-ring (bicyclic) bond motifs is 6. The molecule has 32 heavy (non-hydrogen) atoms. The third-order valence-corrected chi connectivity index (χ3v) is 6.82. The van der Waals surface area contributed by atoms with Crippen LogP contribution in [0.1, 0.15) is 41.3 Å². The summed E-state index contributed by atoms with van der Waals surface area (Å²) in [6.07, 6.45) is 9.35. The van der Waals surface area contributed by atoms with Crippen LogP contribution in [0.4, 0.5) is 5.95 Å². The van der Waals surface area contributed by atoms with Gasteiger partial charge in [-0.1, -0.05) is 23.8 Å². The lowest BCUT2D eigenvalue weighted by molar-refractivity contribution is 0.165. The number of nitrogens with zero attached hydrogens (tertiary/aromatic N) is 7. The molecule has 0 aliphatic carbocycles. The number of rotatable bonds is 4. The van der Waals surface area contributed by atoms with Crippen molar-refractivity contribution in [3.63, 3.8) is 0 Å². The van der Waals surface area contributed by atoms with E-state index in [2.05, 4.69) is 62.8 Å². The molecule has 2 unspecified atom stereocenters. The molecule has 2 atom stereocenters. The number of anilines is 1. The Morgan fingerprint density at radius 2 is 1.88 bits per heavy atom. The molecule has 1 fully saturated rings. The second kappa shape index (κ2) is 7.38. The van der Waals surface area contributed by atoms with Crippen molar-refractivity contribution in [2.45, 2.75) is 44.8 Å². The van der Waals surface area contributed by atoms with E-state index >= 15 is 0 Å². The van der Waals surface area contributed by atoms with Crippen LogP contribution in [-0.4, -0.2) is 49.6 Å². The normalized spacial score (nSPS) is 20.0. The molecule has 2 aliphatic rings. The Hall–Kier alpha value is -3.32. The predicted molar refractivity (Wildman–Crippen MR) is 125 cm³/mol. The Morgan fingerprint density at radius 3 is 2.66 bits per heavy atom. The minimum atomic E-state index is 0.376. The third-order valence-electron chi connectivity index (χ3n) is 6.82. The average Bonchev–Trinajstić information content (AvgIpc) is 3.34. The number of aryl methyl sites for hydroxylation is 1. The van der Waals surface area contributed by atoms with Crippen LogP contribution in [0.15, 0.2) is 48.9 Å². The van der Waals surface area contributed by atoms with Gasteiger partial charge in [0.2, 0.25) is 5.95 Å². The Kier molecular flexibility index (Phi) is 4.47. The summed E-state index contributed by atoms with van der Waals surface area (Å²) >= 11 is 0. The second-order valence-corrected chi connectivity index (χ2v) is 9.24. The summed E-state index contributed by atoms with van der Waals surface area (Å²) in [6.45, 7) is 2.99. The van der Waals surface area contributed by atoms with Gasteiger partial charge < -0.3 is 4.90 Å². The maximum absolute atomic E-state index is 4.98. The summed E-state index contributed by atoms with van der Waals surface area (Å²) in [5, 5.41) is 4.98. The van der Waals surface area contributed by atoms with Gasteiger partial charge in [-0.25, -0.2) is 19.5 Å². The van der Waals surface area contributed by atoms with Gasteiger partial charge in [0.25, 0.3) is 0 Å². The monoisotopic (exact) mass is 425 g/mol. The molecule has 0 radical (unpaired) electrons. The molecule has 3 aromatic heterocycles. The van der Waals surface area contributed by atoms with Crippen molar-refractivity contribution in [2.75, 3.05) is 19.0 Å².